The summed E-state index contributed by atoms with van der Waals surface area (Å²) in [4.78, 5) is 15.9. The third-order valence-electron chi connectivity index (χ3n) is 3.99. The van der Waals surface area contributed by atoms with E-state index in [-0.39, 0.29) is 11.7 Å². The third kappa shape index (κ3) is 4.24. The number of nitrogens with zero attached hydrogens (tertiary/aromatic N) is 1. The number of nitrogens with one attached hydrogen (secondary N) is 1. The van der Waals surface area contributed by atoms with Crippen LogP contribution in [0.5, 0.6) is 0 Å². The lowest BCUT2D eigenvalue weighted by Crippen LogP contribution is -2.41. The van der Waals surface area contributed by atoms with Crippen LogP contribution in [0.15, 0.2) is 29.5 Å². The Kier molecular flexibility index (Phi) is 5.34. The minimum atomic E-state index is -0.171. The van der Waals surface area contributed by atoms with Gasteiger partial charge in [0.05, 0.1) is 0 Å². The van der Waals surface area contributed by atoms with Crippen molar-refractivity contribution in [2.24, 2.45) is 5.92 Å². The van der Waals surface area contributed by atoms with E-state index >= 15 is 0 Å². The van der Waals surface area contributed by atoms with Crippen molar-refractivity contribution in [1.29, 1.82) is 0 Å². The van der Waals surface area contributed by atoms with Gasteiger partial charge in [-0.25, -0.2) is 0 Å². The molecule has 3 rings (SSSR count). The largest absolute Gasteiger partial charge is 0.494 e. The average molecular weight is 322 g/mol. The summed E-state index contributed by atoms with van der Waals surface area (Å²) in [6.45, 7) is 4.85. The Balaban J connectivity index is 1.44. The maximum absolute atomic E-state index is 12.0. The number of carbonyl (C=O) groups is 1. The first-order valence-corrected chi connectivity index (χ1v) is 8.67. The Labute approximate surface area is 134 Å². The fraction of sp³-hybridized carbons (Fsp3) is 0.562. The first-order valence-electron chi connectivity index (χ1n) is 7.79. The fourth-order valence-corrected chi connectivity index (χ4v) is 3.64. The van der Waals surface area contributed by atoms with Crippen LogP contribution < -0.4 is 5.32 Å². The SMILES string of the molecule is O=C(NC[C@@H]1CCCN(Cc2cccs2)C1)C1=COCCO1. The van der Waals surface area contributed by atoms with Crippen LogP contribution in [-0.2, 0) is 20.8 Å². The fourth-order valence-electron chi connectivity index (χ4n) is 2.90. The molecule has 0 aromatic carbocycles. The summed E-state index contributed by atoms with van der Waals surface area (Å²) in [5, 5.41) is 5.09. The van der Waals surface area contributed by atoms with Gasteiger partial charge in [0.2, 0.25) is 5.76 Å². The summed E-state index contributed by atoms with van der Waals surface area (Å²) in [5.74, 6) is 0.621. The van der Waals surface area contributed by atoms with Crippen LogP contribution in [0.2, 0.25) is 0 Å². The summed E-state index contributed by atoms with van der Waals surface area (Å²) < 4.78 is 10.4. The van der Waals surface area contributed by atoms with Crippen molar-refractivity contribution in [1.82, 2.24) is 10.2 Å². The number of piperidine rings is 1. The van der Waals surface area contributed by atoms with Gasteiger partial charge < -0.3 is 14.8 Å². The Morgan fingerprint density at radius 2 is 2.41 bits per heavy atom. The zero-order chi connectivity index (χ0) is 15.2. The molecule has 0 saturated carbocycles. The Bertz CT molecular complexity index is 515. The molecular weight excluding hydrogens is 300 g/mol. The molecule has 0 aliphatic carbocycles. The minimum absolute atomic E-state index is 0.171. The highest BCUT2D eigenvalue weighted by atomic mass is 32.1. The van der Waals surface area contributed by atoms with Gasteiger partial charge in [0.15, 0.2) is 0 Å². The van der Waals surface area contributed by atoms with Crippen LogP contribution in [0.3, 0.4) is 0 Å². The van der Waals surface area contributed by atoms with E-state index in [0.29, 0.717) is 25.7 Å². The molecule has 5 nitrogen and oxygen atoms in total. The van der Waals surface area contributed by atoms with Crippen LogP contribution in [0.4, 0.5) is 0 Å². The molecule has 0 spiro atoms. The smallest absolute Gasteiger partial charge is 0.289 e. The first-order chi connectivity index (χ1) is 10.8. The molecule has 1 atom stereocenters. The van der Waals surface area contributed by atoms with E-state index in [2.05, 4.69) is 27.7 Å². The summed E-state index contributed by atoms with van der Waals surface area (Å²) in [6, 6.07) is 4.28. The minimum Gasteiger partial charge on any atom is -0.494 e. The second kappa shape index (κ2) is 7.65. The van der Waals surface area contributed by atoms with Gasteiger partial charge >= 0.3 is 0 Å². The van der Waals surface area contributed by atoms with Crippen molar-refractivity contribution in [3.05, 3.63) is 34.4 Å². The average Bonchev–Trinajstić information content (AvgIpc) is 3.07. The molecule has 120 valence electrons. The number of carbonyl (C=O) groups excluding carboxylic acids is 1. The monoisotopic (exact) mass is 322 g/mol. The van der Waals surface area contributed by atoms with E-state index in [1.54, 1.807) is 11.3 Å². The van der Waals surface area contributed by atoms with Crippen LogP contribution in [0.25, 0.3) is 0 Å². The number of amides is 1. The molecule has 22 heavy (non-hydrogen) atoms. The second-order valence-corrected chi connectivity index (χ2v) is 6.77. The van der Waals surface area contributed by atoms with Crippen LogP contribution in [-0.4, -0.2) is 43.7 Å². The quantitative estimate of drug-likeness (QED) is 0.900. The van der Waals surface area contributed by atoms with E-state index in [0.717, 1.165) is 26.1 Å². The molecule has 1 aromatic rings. The molecule has 1 saturated heterocycles. The highest BCUT2D eigenvalue weighted by Gasteiger charge is 2.22. The molecule has 2 aliphatic rings. The molecule has 0 bridgehead atoms. The number of hydrogen-bond acceptors (Lipinski definition) is 5. The second-order valence-electron chi connectivity index (χ2n) is 5.73. The number of hydrogen-bond donors (Lipinski definition) is 1. The van der Waals surface area contributed by atoms with E-state index in [4.69, 9.17) is 9.47 Å². The van der Waals surface area contributed by atoms with Gasteiger partial charge in [0, 0.05) is 24.5 Å². The number of thiophene rings is 1. The zero-order valence-corrected chi connectivity index (χ0v) is 13.4. The van der Waals surface area contributed by atoms with Crippen molar-refractivity contribution in [3.63, 3.8) is 0 Å². The lowest BCUT2D eigenvalue weighted by atomic mass is 9.98. The highest BCUT2D eigenvalue weighted by molar-refractivity contribution is 7.09. The van der Waals surface area contributed by atoms with E-state index in [9.17, 15) is 4.79 Å². The molecule has 1 aromatic heterocycles. The van der Waals surface area contributed by atoms with Gasteiger partial charge in [-0.05, 0) is 36.8 Å². The lowest BCUT2D eigenvalue weighted by molar-refractivity contribution is -0.122. The van der Waals surface area contributed by atoms with Gasteiger partial charge in [0.1, 0.15) is 19.5 Å². The number of rotatable bonds is 5. The zero-order valence-electron chi connectivity index (χ0n) is 12.6. The van der Waals surface area contributed by atoms with Gasteiger partial charge in [-0.3, -0.25) is 9.69 Å². The lowest BCUT2D eigenvalue weighted by Gasteiger charge is -2.32. The van der Waals surface area contributed by atoms with E-state index < -0.39 is 0 Å². The summed E-state index contributed by atoms with van der Waals surface area (Å²) in [5.41, 5.74) is 0. The standard InChI is InChI=1S/C16H22N2O3S/c19-16(15-12-20-6-7-21-15)17-9-13-3-1-5-18(10-13)11-14-4-2-8-22-14/h2,4,8,12-13H,1,3,5-7,9-11H2,(H,17,19)/t13-/m0/s1. The Hall–Kier alpha value is -1.53. The maximum Gasteiger partial charge on any atom is 0.289 e. The molecule has 1 amide bonds. The first kappa shape index (κ1) is 15.4. The Morgan fingerprint density at radius 3 is 3.18 bits per heavy atom. The van der Waals surface area contributed by atoms with E-state index in [1.807, 2.05) is 0 Å². The third-order valence-corrected chi connectivity index (χ3v) is 4.85. The van der Waals surface area contributed by atoms with Gasteiger partial charge in [-0.15, -0.1) is 11.3 Å². The van der Waals surface area contributed by atoms with E-state index in [1.165, 1.54) is 17.6 Å². The van der Waals surface area contributed by atoms with Crippen LogP contribution in [0, 0.1) is 5.92 Å². The molecule has 1 fully saturated rings. The predicted octanol–water partition coefficient (Wildman–Crippen LogP) is 1.96. The summed E-state index contributed by atoms with van der Waals surface area (Å²) in [7, 11) is 0. The van der Waals surface area contributed by atoms with Gasteiger partial charge in [-0.1, -0.05) is 6.07 Å². The predicted molar refractivity (Wildman–Crippen MR) is 85.3 cm³/mol. The topological polar surface area (TPSA) is 50.8 Å². The maximum atomic E-state index is 12.0. The van der Waals surface area contributed by atoms with Crippen LogP contribution >= 0.6 is 11.3 Å². The molecule has 6 heteroatoms. The number of likely N-dealkylation sites (tertiary alicyclic amines) is 1. The molecule has 2 aliphatic heterocycles. The van der Waals surface area contributed by atoms with Crippen molar-refractivity contribution >= 4 is 17.2 Å². The van der Waals surface area contributed by atoms with Crippen molar-refractivity contribution in [3.8, 4) is 0 Å². The van der Waals surface area contributed by atoms with Gasteiger partial charge in [0.25, 0.3) is 5.91 Å². The van der Waals surface area contributed by atoms with Crippen molar-refractivity contribution in [2.75, 3.05) is 32.8 Å². The van der Waals surface area contributed by atoms with Crippen molar-refractivity contribution < 1.29 is 14.3 Å². The highest BCUT2D eigenvalue weighted by Crippen LogP contribution is 2.20. The van der Waals surface area contributed by atoms with Crippen LogP contribution in [0.1, 0.15) is 17.7 Å². The molecule has 0 radical (unpaired) electrons. The summed E-state index contributed by atoms with van der Waals surface area (Å²) >= 11 is 1.81. The Morgan fingerprint density at radius 1 is 1.45 bits per heavy atom. The van der Waals surface area contributed by atoms with Crippen molar-refractivity contribution in [2.45, 2.75) is 19.4 Å². The normalized spacial score (nSPS) is 22.4. The molecular formula is C16H22N2O3S. The summed E-state index contributed by atoms with van der Waals surface area (Å²) in [6.07, 6.45) is 3.76. The molecule has 3 heterocycles. The molecule has 0 unspecified atom stereocenters. The molecule has 1 N–H and O–H groups in total. The van der Waals surface area contributed by atoms with Gasteiger partial charge in [-0.2, -0.15) is 0 Å². The number of ether oxygens (including phenoxy) is 2.